The lowest BCUT2D eigenvalue weighted by atomic mass is 9.77. The van der Waals surface area contributed by atoms with E-state index in [-0.39, 0.29) is 5.41 Å². The molecule has 2 aliphatic heterocycles. The summed E-state index contributed by atoms with van der Waals surface area (Å²) in [5, 5.41) is 0. The highest BCUT2D eigenvalue weighted by Crippen LogP contribution is 2.54. The Bertz CT molecular complexity index is 807. The molecule has 0 saturated carbocycles. The maximum atomic E-state index is 6.22. The van der Waals surface area contributed by atoms with Gasteiger partial charge in [-0.05, 0) is 35.3 Å². The number of fused-ring (bicyclic) bond motifs is 1. The summed E-state index contributed by atoms with van der Waals surface area (Å²) in [7, 11) is 2.11. The fraction of sp³-hybridized carbons (Fsp3) is 0.333. The van der Waals surface area contributed by atoms with Gasteiger partial charge in [-0.25, -0.2) is 4.84 Å². The average Bonchev–Trinajstić information content (AvgIpc) is 3.13. The molecule has 1 atom stereocenters. The van der Waals surface area contributed by atoms with Crippen LogP contribution < -0.4 is 10.4 Å². The SMILES string of the molecule is CCc1ccc(C2=C[C@@]3(ON2)N(C)c2ccccc2C3(C)C)cc1. The quantitative estimate of drug-likeness (QED) is 0.895. The van der Waals surface area contributed by atoms with Crippen molar-refractivity contribution in [1.82, 2.24) is 5.48 Å². The summed E-state index contributed by atoms with van der Waals surface area (Å²) in [6, 6.07) is 17.2. The molecule has 0 unspecified atom stereocenters. The highest BCUT2D eigenvalue weighted by molar-refractivity contribution is 5.73. The minimum atomic E-state index is -0.518. The standard InChI is InChI=1S/C21H24N2O/c1-5-15-10-12-16(13-11-15)18-14-21(24-22-18)20(2,3)17-8-6-7-9-19(17)23(21)4/h6-14,22H,5H2,1-4H3/t21-/m0/s1. The molecule has 0 saturated heterocycles. The first-order valence-corrected chi connectivity index (χ1v) is 8.59. The van der Waals surface area contributed by atoms with Crippen molar-refractivity contribution in [3.8, 4) is 0 Å². The number of aryl methyl sites for hydroxylation is 1. The summed E-state index contributed by atoms with van der Waals surface area (Å²) in [5.41, 5.74) is 8.58. The number of nitrogens with zero attached hydrogens (tertiary/aromatic N) is 1. The number of likely N-dealkylation sites (N-methyl/N-ethyl adjacent to an activating group) is 1. The zero-order valence-corrected chi connectivity index (χ0v) is 14.8. The van der Waals surface area contributed by atoms with E-state index in [2.05, 4.69) is 92.8 Å². The Hall–Kier alpha value is -2.26. The lowest BCUT2D eigenvalue weighted by Gasteiger charge is -2.39. The second-order valence-corrected chi connectivity index (χ2v) is 7.21. The lowest BCUT2D eigenvalue weighted by Crippen LogP contribution is -2.54. The minimum Gasteiger partial charge on any atom is -0.340 e. The minimum absolute atomic E-state index is 0.156. The van der Waals surface area contributed by atoms with Gasteiger partial charge in [-0.3, -0.25) is 5.48 Å². The first-order chi connectivity index (χ1) is 11.5. The van der Waals surface area contributed by atoms with Gasteiger partial charge in [0.2, 0.25) is 0 Å². The molecule has 2 heterocycles. The molecular weight excluding hydrogens is 296 g/mol. The van der Waals surface area contributed by atoms with Crippen molar-refractivity contribution in [3.63, 3.8) is 0 Å². The predicted molar refractivity (Wildman–Crippen MR) is 98.6 cm³/mol. The second-order valence-electron chi connectivity index (χ2n) is 7.21. The predicted octanol–water partition coefficient (Wildman–Crippen LogP) is 4.25. The fourth-order valence-corrected chi connectivity index (χ4v) is 4.01. The Balaban J connectivity index is 1.78. The number of hydroxylamine groups is 1. The molecule has 0 aliphatic carbocycles. The molecule has 0 fully saturated rings. The zero-order chi connectivity index (χ0) is 16.9. The van der Waals surface area contributed by atoms with Crippen molar-refractivity contribution in [2.24, 2.45) is 0 Å². The van der Waals surface area contributed by atoms with Gasteiger partial charge < -0.3 is 4.90 Å². The molecule has 0 aromatic heterocycles. The van der Waals surface area contributed by atoms with Crippen LogP contribution in [-0.4, -0.2) is 12.8 Å². The maximum Gasteiger partial charge on any atom is 0.197 e. The number of nitrogens with one attached hydrogen (secondary N) is 1. The van der Waals surface area contributed by atoms with E-state index in [4.69, 9.17) is 4.84 Å². The Morgan fingerprint density at radius 2 is 1.75 bits per heavy atom. The van der Waals surface area contributed by atoms with Crippen LogP contribution in [0.4, 0.5) is 5.69 Å². The first-order valence-electron chi connectivity index (χ1n) is 8.59. The highest BCUT2D eigenvalue weighted by atomic mass is 16.7. The molecule has 0 radical (unpaired) electrons. The average molecular weight is 320 g/mol. The Morgan fingerprint density at radius 1 is 1.04 bits per heavy atom. The number of hydrogen-bond donors (Lipinski definition) is 1. The Morgan fingerprint density at radius 3 is 2.42 bits per heavy atom. The molecule has 2 aromatic carbocycles. The van der Waals surface area contributed by atoms with Crippen LogP contribution in [0.25, 0.3) is 5.70 Å². The van der Waals surface area contributed by atoms with Crippen molar-refractivity contribution < 1.29 is 4.84 Å². The largest absolute Gasteiger partial charge is 0.340 e. The molecule has 124 valence electrons. The van der Waals surface area contributed by atoms with Gasteiger partial charge in [0.1, 0.15) is 0 Å². The second kappa shape index (κ2) is 5.12. The third-order valence-corrected chi connectivity index (χ3v) is 5.66. The highest BCUT2D eigenvalue weighted by Gasteiger charge is 2.58. The molecule has 2 aliphatic rings. The molecule has 24 heavy (non-hydrogen) atoms. The topological polar surface area (TPSA) is 24.5 Å². The van der Waals surface area contributed by atoms with Gasteiger partial charge in [-0.15, -0.1) is 0 Å². The van der Waals surface area contributed by atoms with Crippen molar-refractivity contribution >= 4 is 11.4 Å². The van der Waals surface area contributed by atoms with Gasteiger partial charge in [0, 0.05) is 18.2 Å². The molecule has 0 bridgehead atoms. The summed E-state index contributed by atoms with van der Waals surface area (Å²) in [6.07, 6.45) is 3.28. The number of benzene rings is 2. The molecule has 1 N–H and O–H groups in total. The molecule has 4 rings (SSSR count). The number of anilines is 1. The molecular formula is C21H24N2O. The Kier molecular flexibility index (Phi) is 3.26. The summed E-state index contributed by atoms with van der Waals surface area (Å²) in [5.74, 6) is 0. The number of hydrogen-bond acceptors (Lipinski definition) is 3. The van der Waals surface area contributed by atoms with Crippen LogP contribution in [0.2, 0.25) is 0 Å². The van der Waals surface area contributed by atoms with Gasteiger partial charge in [0.25, 0.3) is 0 Å². The maximum absolute atomic E-state index is 6.22. The van der Waals surface area contributed by atoms with Crippen LogP contribution in [0.3, 0.4) is 0 Å². The normalized spacial score (nSPS) is 24.0. The molecule has 0 amide bonds. The van der Waals surface area contributed by atoms with E-state index in [1.807, 2.05) is 0 Å². The zero-order valence-electron chi connectivity index (χ0n) is 14.8. The van der Waals surface area contributed by atoms with Crippen molar-refractivity contribution in [3.05, 3.63) is 71.3 Å². The Labute approximate surface area is 143 Å². The third kappa shape index (κ3) is 1.88. The van der Waals surface area contributed by atoms with Gasteiger partial charge in [-0.2, -0.15) is 0 Å². The van der Waals surface area contributed by atoms with Gasteiger partial charge in [0.15, 0.2) is 5.72 Å². The van der Waals surface area contributed by atoms with Gasteiger partial charge in [-0.1, -0.05) is 63.2 Å². The summed E-state index contributed by atoms with van der Waals surface area (Å²) in [4.78, 5) is 8.46. The van der Waals surface area contributed by atoms with Crippen LogP contribution >= 0.6 is 0 Å². The summed E-state index contributed by atoms with van der Waals surface area (Å²) >= 11 is 0. The van der Waals surface area contributed by atoms with E-state index in [9.17, 15) is 0 Å². The van der Waals surface area contributed by atoms with E-state index < -0.39 is 5.72 Å². The van der Waals surface area contributed by atoms with Crippen molar-refractivity contribution in [2.45, 2.75) is 38.3 Å². The fourth-order valence-electron chi connectivity index (χ4n) is 4.01. The molecule has 2 aromatic rings. The van der Waals surface area contributed by atoms with Gasteiger partial charge >= 0.3 is 0 Å². The summed E-state index contributed by atoms with van der Waals surface area (Å²) in [6.45, 7) is 6.67. The molecule has 3 nitrogen and oxygen atoms in total. The number of para-hydroxylation sites is 1. The molecule has 3 heteroatoms. The summed E-state index contributed by atoms with van der Waals surface area (Å²) < 4.78 is 0. The lowest BCUT2D eigenvalue weighted by molar-refractivity contribution is -0.0678. The van der Waals surface area contributed by atoms with E-state index >= 15 is 0 Å². The van der Waals surface area contributed by atoms with Crippen LogP contribution in [0, 0.1) is 0 Å². The van der Waals surface area contributed by atoms with E-state index in [0.717, 1.165) is 17.7 Å². The molecule has 1 spiro atoms. The van der Waals surface area contributed by atoms with E-state index in [0.29, 0.717) is 0 Å². The van der Waals surface area contributed by atoms with E-state index in [1.165, 1.54) is 16.8 Å². The van der Waals surface area contributed by atoms with Crippen molar-refractivity contribution in [2.75, 3.05) is 11.9 Å². The number of rotatable bonds is 2. The van der Waals surface area contributed by atoms with Crippen LogP contribution in [0.15, 0.2) is 54.6 Å². The first kappa shape index (κ1) is 15.3. The third-order valence-electron chi connectivity index (χ3n) is 5.66. The van der Waals surface area contributed by atoms with E-state index in [1.54, 1.807) is 0 Å². The van der Waals surface area contributed by atoms with Crippen LogP contribution in [-0.2, 0) is 16.7 Å². The monoisotopic (exact) mass is 320 g/mol. The van der Waals surface area contributed by atoms with Crippen LogP contribution in [0.1, 0.15) is 37.5 Å². The smallest absolute Gasteiger partial charge is 0.197 e. The van der Waals surface area contributed by atoms with Gasteiger partial charge in [0.05, 0.1) is 5.70 Å². The van der Waals surface area contributed by atoms with Crippen molar-refractivity contribution in [1.29, 1.82) is 0 Å². The van der Waals surface area contributed by atoms with Crippen LogP contribution in [0.5, 0.6) is 0 Å².